The van der Waals surface area contributed by atoms with E-state index in [0.29, 0.717) is 38.4 Å². The van der Waals surface area contributed by atoms with E-state index < -0.39 is 0 Å². The molecule has 1 atom stereocenters. The average molecular weight is 431 g/mol. The number of nitrogens with one attached hydrogen (secondary N) is 2. The maximum atomic E-state index is 13.1. The molecule has 0 saturated heterocycles. The highest BCUT2D eigenvalue weighted by molar-refractivity contribution is 7.22. The van der Waals surface area contributed by atoms with Gasteiger partial charge in [0, 0.05) is 23.7 Å². The van der Waals surface area contributed by atoms with Crippen LogP contribution in [0.1, 0.15) is 36.7 Å². The number of aryl methyl sites for hydroxylation is 3. The highest BCUT2D eigenvalue weighted by Crippen LogP contribution is 2.33. The number of benzene rings is 1. The lowest BCUT2D eigenvalue weighted by Crippen LogP contribution is -2.24. The number of anilines is 2. The second-order valence-electron chi connectivity index (χ2n) is 7.69. The molecule has 3 heterocycles. The van der Waals surface area contributed by atoms with Crippen molar-refractivity contribution in [2.75, 3.05) is 10.6 Å². The molecule has 0 fully saturated rings. The molecule has 0 unspecified atom stereocenters. The van der Waals surface area contributed by atoms with Gasteiger partial charge in [-0.2, -0.15) is 0 Å². The molecule has 3 aromatic rings. The molecule has 0 radical (unpaired) electrons. The minimum atomic E-state index is -0.375. The van der Waals surface area contributed by atoms with Gasteiger partial charge in [-0.1, -0.05) is 35.9 Å². The number of urea groups is 1. The van der Waals surface area contributed by atoms with Gasteiger partial charge in [-0.25, -0.2) is 9.78 Å². The number of aromatic nitrogens is 2. The number of carbonyl (C=O) groups is 1. The first-order chi connectivity index (χ1) is 13.8. The quantitative estimate of drug-likeness (QED) is 0.575. The molecule has 0 spiro atoms. The van der Waals surface area contributed by atoms with Crippen molar-refractivity contribution in [3.63, 3.8) is 0 Å². The van der Waals surface area contributed by atoms with Gasteiger partial charge in [-0.3, -0.25) is 14.7 Å². The number of rotatable bonds is 2. The second kappa shape index (κ2) is 7.80. The minimum absolute atomic E-state index is 0.00741. The monoisotopic (exact) mass is 430 g/mol. The van der Waals surface area contributed by atoms with Crippen LogP contribution in [-0.4, -0.2) is 15.6 Å². The molecule has 6 nitrogen and oxygen atoms in total. The Balaban J connectivity index is 1.64. The normalized spacial score (nSPS) is 16.3. The van der Waals surface area contributed by atoms with Crippen LogP contribution in [0.5, 0.6) is 0 Å². The second-order valence-corrected chi connectivity index (χ2v) is 9.13. The number of hydrogen-bond donors (Lipinski definition) is 2. The predicted octanol–water partition coefficient (Wildman–Crippen LogP) is 5.34. The summed E-state index contributed by atoms with van der Waals surface area (Å²) in [6, 6.07) is 4.96. The Morgan fingerprint density at radius 2 is 2.07 bits per heavy atom. The van der Waals surface area contributed by atoms with Gasteiger partial charge in [0.1, 0.15) is 15.7 Å². The summed E-state index contributed by atoms with van der Waals surface area (Å²) in [7, 11) is 0. The largest absolute Gasteiger partial charge is 0.324 e. The summed E-state index contributed by atoms with van der Waals surface area (Å²) in [5.41, 5.74) is 2.31. The SMILES string of the molecule is Cc1ccc(Cl)cc1NC(=O)Nc1sc2nc3n(c(=O)c2c1C)CC[C@H](C)CC3. The van der Waals surface area contributed by atoms with Crippen molar-refractivity contribution in [2.45, 2.75) is 46.6 Å². The predicted molar refractivity (Wildman–Crippen MR) is 120 cm³/mol. The summed E-state index contributed by atoms with van der Waals surface area (Å²) in [6.07, 6.45) is 2.82. The molecule has 0 saturated carbocycles. The molecule has 152 valence electrons. The molecule has 2 N–H and O–H groups in total. The third-order valence-corrected chi connectivity index (χ3v) is 6.85. The summed E-state index contributed by atoms with van der Waals surface area (Å²) >= 11 is 7.37. The van der Waals surface area contributed by atoms with Gasteiger partial charge in [-0.15, -0.1) is 0 Å². The van der Waals surface area contributed by atoms with Gasteiger partial charge in [0.15, 0.2) is 0 Å². The number of amides is 2. The smallest absolute Gasteiger partial charge is 0.307 e. The Hall–Kier alpha value is -2.38. The lowest BCUT2D eigenvalue weighted by atomic mass is 10.0. The zero-order chi connectivity index (χ0) is 20.7. The number of nitrogens with zero attached hydrogens (tertiary/aromatic N) is 2. The van der Waals surface area contributed by atoms with Crippen LogP contribution >= 0.6 is 22.9 Å². The molecule has 1 aromatic carbocycles. The van der Waals surface area contributed by atoms with E-state index in [4.69, 9.17) is 16.6 Å². The maximum absolute atomic E-state index is 13.1. The summed E-state index contributed by atoms with van der Waals surface area (Å²) in [5.74, 6) is 1.43. The molecule has 0 aliphatic carbocycles. The van der Waals surface area contributed by atoms with E-state index in [1.165, 1.54) is 11.3 Å². The van der Waals surface area contributed by atoms with Crippen LogP contribution in [-0.2, 0) is 13.0 Å². The van der Waals surface area contributed by atoms with Gasteiger partial charge in [-0.05, 0) is 55.9 Å². The average Bonchev–Trinajstić information content (AvgIpc) is 2.84. The van der Waals surface area contributed by atoms with Crippen LogP contribution in [0, 0.1) is 19.8 Å². The van der Waals surface area contributed by atoms with Crippen molar-refractivity contribution in [1.82, 2.24) is 9.55 Å². The van der Waals surface area contributed by atoms with E-state index >= 15 is 0 Å². The van der Waals surface area contributed by atoms with Crippen LogP contribution in [0.25, 0.3) is 10.2 Å². The Morgan fingerprint density at radius 3 is 2.86 bits per heavy atom. The van der Waals surface area contributed by atoms with E-state index in [-0.39, 0.29) is 11.6 Å². The van der Waals surface area contributed by atoms with Crippen LogP contribution in [0.15, 0.2) is 23.0 Å². The molecule has 0 bridgehead atoms. The van der Waals surface area contributed by atoms with Crippen molar-refractivity contribution < 1.29 is 4.79 Å². The first-order valence-corrected chi connectivity index (χ1v) is 10.9. The fourth-order valence-electron chi connectivity index (χ4n) is 3.65. The number of hydrogen-bond acceptors (Lipinski definition) is 4. The molecule has 4 rings (SSSR count). The zero-order valence-corrected chi connectivity index (χ0v) is 18.2. The Bertz CT molecular complexity index is 1170. The van der Waals surface area contributed by atoms with E-state index in [1.807, 2.05) is 24.5 Å². The van der Waals surface area contributed by atoms with Gasteiger partial charge >= 0.3 is 6.03 Å². The first kappa shape index (κ1) is 19.9. The van der Waals surface area contributed by atoms with Crippen molar-refractivity contribution in [3.05, 3.63) is 50.5 Å². The van der Waals surface area contributed by atoms with E-state index in [2.05, 4.69) is 17.6 Å². The van der Waals surface area contributed by atoms with E-state index in [0.717, 1.165) is 36.2 Å². The third kappa shape index (κ3) is 3.89. The topological polar surface area (TPSA) is 76.0 Å². The third-order valence-electron chi connectivity index (χ3n) is 5.51. The lowest BCUT2D eigenvalue weighted by Gasteiger charge is -2.10. The summed E-state index contributed by atoms with van der Waals surface area (Å²) in [4.78, 5) is 31.1. The molecule has 8 heteroatoms. The summed E-state index contributed by atoms with van der Waals surface area (Å²) in [5, 5.41) is 7.48. The van der Waals surface area contributed by atoms with Crippen molar-refractivity contribution >= 4 is 49.9 Å². The fraction of sp³-hybridized carbons (Fsp3) is 0.381. The van der Waals surface area contributed by atoms with Crippen LogP contribution in [0.3, 0.4) is 0 Å². The molecule has 2 aromatic heterocycles. The van der Waals surface area contributed by atoms with E-state index in [1.54, 1.807) is 12.1 Å². The number of carbonyl (C=O) groups excluding carboxylic acids is 1. The molecule has 1 aliphatic heterocycles. The Morgan fingerprint density at radius 1 is 1.28 bits per heavy atom. The number of thiophene rings is 1. The number of fused-ring (bicyclic) bond motifs is 2. The Labute approximate surface area is 177 Å². The standard InChI is InChI=1S/C21H23ClN4O2S/c1-11-4-7-16-24-19-17(20(27)26(16)9-8-11)13(3)18(29-19)25-21(28)23-15-10-14(22)6-5-12(15)2/h5-6,10-11H,4,7-9H2,1-3H3,(H2,23,25,28)/t11-/m1/s1. The first-order valence-electron chi connectivity index (χ1n) is 9.70. The Kier molecular flexibility index (Phi) is 5.36. The molecular formula is C21H23ClN4O2S. The molecular weight excluding hydrogens is 408 g/mol. The fourth-order valence-corrected chi connectivity index (χ4v) is 4.91. The maximum Gasteiger partial charge on any atom is 0.324 e. The van der Waals surface area contributed by atoms with Gasteiger partial charge in [0.2, 0.25) is 0 Å². The highest BCUT2D eigenvalue weighted by atomic mass is 35.5. The molecule has 1 aliphatic rings. The van der Waals surface area contributed by atoms with Crippen LogP contribution < -0.4 is 16.2 Å². The minimum Gasteiger partial charge on any atom is -0.307 e. The summed E-state index contributed by atoms with van der Waals surface area (Å²) < 4.78 is 1.81. The van der Waals surface area contributed by atoms with Crippen molar-refractivity contribution in [3.8, 4) is 0 Å². The van der Waals surface area contributed by atoms with Crippen molar-refractivity contribution in [2.24, 2.45) is 5.92 Å². The molecule has 29 heavy (non-hydrogen) atoms. The van der Waals surface area contributed by atoms with Crippen LogP contribution in [0.4, 0.5) is 15.5 Å². The zero-order valence-electron chi connectivity index (χ0n) is 16.6. The van der Waals surface area contributed by atoms with Crippen LogP contribution in [0.2, 0.25) is 5.02 Å². The number of halogens is 1. The summed E-state index contributed by atoms with van der Waals surface area (Å²) in [6.45, 7) is 6.67. The van der Waals surface area contributed by atoms with Gasteiger partial charge in [0.05, 0.1) is 5.39 Å². The van der Waals surface area contributed by atoms with Gasteiger partial charge < -0.3 is 5.32 Å². The van der Waals surface area contributed by atoms with Crippen molar-refractivity contribution in [1.29, 1.82) is 0 Å². The lowest BCUT2D eigenvalue weighted by molar-refractivity contribution is 0.262. The highest BCUT2D eigenvalue weighted by Gasteiger charge is 2.21. The van der Waals surface area contributed by atoms with E-state index in [9.17, 15) is 9.59 Å². The van der Waals surface area contributed by atoms with Gasteiger partial charge in [0.25, 0.3) is 5.56 Å². The molecule has 2 amide bonds.